The fourth-order valence-electron chi connectivity index (χ4n) is 3.63. The Morgan fingerprint density at radius 2 is 1.51 bits per heavy atom. The maximum atomic E-state index is 13.7. The number of hydrogen-bond donors (Lipinski definition) is 1. The van der Waals surface area contributed by atoms with Crippen molar-refractivity contribution in [2.24, 2.45) is 0 Å². The van der Waals surface area contributed by atoms with Crippen molar-refractivity contribution >= 4 is 39.1 Å². The smallest absolute Gasteiger partial charge is 0.264 e. The topological polar surface area (TPSA) is 86.8 Å². The molecule has 0 aromatic heterocycles. The van der Waals surface area contributed by atoms with Gasteiger partial charge in [-0.25, -0.2) is 12.8 Å². The van der Waals surface area contributed by atoms with Gasteiger partial charge in [0.2, 0.25) is 11.8 Å². The molecule has 7 nitrogen and oxygen atoms in total. The van der Waals surface area contributed by atoms with Crippen LogP contribution in [0.15, 0.2) is 83.8 Å². The van der Waals surface area contributed by atoms with Crippen molar-refractivity contribution in [3.63, 3.8) is 0 Å². The normalized spacial score (nSPS) is 12.2. The van der Waals surface area contributed by atoms with Crippen LogP contribution in [0.5, 0.6) is 0 Å². The van der Waals surface area contributed by atoms with Gasteiger partial charge in [-0.05, 0) is 74.9 Å². The molecule has 1 N–H and O–H groups in total. The summed E-state index contributed by atoms with van der Waals surface area (Å²) in [5.74, 6) is -1.43. The zero-order valence-electron chi connectivity index (χ0n) is 20.8. The van der Waals surface area contributed by atoms with E-state index in [1.807, 2.05) is 0 Å². The van der Waals surface area contributed by atoms with E-state index in [2.05, 4.69) is 5.32 Å². The Bertz CT molecular complexity index is 1320. The summed E-state index contributed by atoms with van der Waals surface area (Å²) in [6, 6.07) is 18.4. The number of carbonyl (C=O) groups is 2. The molecule has 0 aliphatic carbocycles. The highest BCUT2D eigenvalue weighted by Gasteiger charge is 2.32. The fourth-order valence-corrected chi connectivity index (χ4v) is 5.17. The van der Waals surface area contributed by atoms with Crippen molar-refractivity contribution in [3.05, 3.63) is 95.3 Å². The molecule has 0 heterocycles. The first kappa shape index (κ1) is 28.1. The highest BCUT2D eigenvalue weighted by molar-refractivity contribution is 7.92. The first-order chi connectivity index (χ1) is 17.5. The Kier molecular flexibility index (Phi) is 9.29. The maximum Gasteiger partial charge on any atom is 0.264 e. The van der Waals surface area contributed by atoms with Gasteiger partial charge in [0, 0.05) is 17.6 Å². The molecule has 0 aliphatic heterocycles. The molecule has 0 aliphatic rings. The number of carbonyl (C=O) groups excluding carboxylic acids is 2. The quantitative estimate of drug-likeness (QED) is 0.403. The van der Waals surface area contributed by atoms with E-state index < -0.39 is 40.2 Å². The molecule has 3 aromatic carbocycles. The fraction of sp³-hybridized carbons (Fsp3) is 0.259. The number of sulfonamides is 1. The molecule has 3 aromatic rings. The Morgan fingerprint density at radius 1 is 0.919 bits per heavy atom. The standard InChI is InChI=1S/C27H29ClFN3O4S/c1-19(2)30-27(34)20(3)31(17-21-9-13-23(29)14-10-21)26(33)18-32(24-7-5-4-6-8-24)37(35,36)25-15-11-22(28)12-16-25/h4-16,19-20H,17-18H2,1-3H3,(H,30,34)/t20-/m0/s1. The number of benzene rings is 3. The molecule has 3 rings (SSSR count). The first-order valence-electron chi connectivity index (χ1n) is 11.7. The van der Waals surface area contributed by atoms with E-state index in [1.54, 1.807) is 51.1 Å². The zero-order chi connectivity index (χ0) is 27.2. The van der Waals surface area contributed by atoms with E-state index >= 15 is 0 Å². The van der Waals surface area contributed by atoms with Gasteiger partial charge >= 0.3 is 0 Å². The Morgan fingerprint density at radius 3 is 2.08 bits per heavy atom. The first-order valence-corrected chi connectivity index (χ1v) is 13.5. The van der Waals surface area contributed by atoms with Crippen molar-refractivity contribution < 1.29 is 22.4 Å². The van der Waals surface area contributed by atoms with Gasteiger partial charge in [-0.3, -0.25) is 13.9 Å². The van der Waals surface area contributed by atoms with Crippen LogP contribution in [-0.4, -0.2) is 43.8 Å². The summed E-state index contributed by atoms with van der Waals surface area (Å²) in [4.78, 5) is 27.8. The van der Waals surface area contributed by atoms with E-state index in [1.165, 1.54) is 53.4 Å². The van der Waals surface area contributed by atoms with E-state index in [9.17, 15) is 22.4 Å². The molecule has 196 valence electrons. The molecule has 1 atom stereocenters. The van der Waals surface area contributed by atoms with Crippen molar-refractivity contribution in [2.45, 2.75) is 44.3 Å². The molecule has 0 radical (unpaired) electrons. The van der Waals surface area contributed by atoms with Crippen LogP contribution in [0.25, 0.3) is 0 Å². The lowest BCUT2D eigenvalue weighted by atomic mass is 10.1. The number of para-hydroxylation sites is 1. The molecular formula is C27H29ClFN3O4S. The van der Waals surface area contributed by atoms with Crippen molar-refractivity contribution in [1.82, 2.24) is 10.2 Å². The molecule has 10 heteroatoms. The maximum absolute atomic E-state index is 13.7. The average molecular weight is 546 g/mol. The highest BCUT2D eigenvalue weighted by atomic mass is 35.5. The van der Waals surface area contributed by atoms with Gasteiger partial charge in [0.1, 0.15) is 18.4 Å². The minimum atomic E-state index is -4.17. The third kappa shape index (κ3) is 7.30. The summed E-state index contributed by atoms with van der Waals surface area (Å²) >= 11 is 5.94. The molecule has 0 bridgehead atoms. The molecule has 0 spiro atoms. The van der Waals surface area contributed by atoms with Crippen LogP contribution < -0.4 is 9.62 Å². The molecule has 37 heavy (non-hydrogen) atoms. The third-order valence-corrected chi connectivity index (χ3v) is 7.63. The van der Waals surface area contributed by atoms with Gasteiger partial charge in [-0.2, -0.15) is 0 Å². The highest BCUT2D eigenvalue weighted by Crippen LogP contribution is 2.25. The number of amides is 2. The summed E-state index contributed by atoms with van der Waals surface area (Å²) in [6.45, 7) is 4.59. The van der Waals surface area contributed by atoms with Crippen LogP contribution in [-0.2, 0) is 26.2 Å². The predicted molar refractivity (Wildman–Crippen MR) is 142 cm³/mol. The third-order valence-electron chi connectivity index (χ3n) is 5.59. The number of anilines is 1. The predicted octanol–water partition coefficient (Wildman–Crippen LogP) is 4.62. The number of nitrogens with zero attached hydrogens (tertiary/aromatic N) is 2. The number of hydrogen-bond acceptors (Lipinski definition) is 4. The zero-order valence-corrected chi connectivity index (χ0v) is 22.3. The van der Waals surface area contributed by atoms with Crippen LogP contribution in [0.1, 0.15) is 26.3 Å². The lowest BCUT2D eigenvalue weighted by Crippen LogP contribution is -2.52. The Hall–Kier alpha value is -3.43. The lowest BCUT2D eigenvalue weighted by molar-refractivity contribution is -0.139. The molecule has 0 fully saturated rings. The monoisotopic (exact) mass is 545 g/mol. The summed E-state index contributed by atoms with van der Waals surface area (Å²) in [6.07, 6.45) is 0. The van der Waals surface area contributed by atoms with Gasteiger partial charge in [0.15, 0.2) is 0 Å². The lowest BCUT2D eigenvalue weighted by Gasteiger charge is -2.32. The van der Waals surface area contributed by atoms with Gasteiger partial charge in [-0.1, -0.05) is 41.9 Å². The number of nitrogens with one attached hydrogen (secondary N) is 1. The van der Waals surface area contributed by atoms with Crippen molar-refractivity contribution in [2.75, 3.05) is 10.8 Å². The SMILES string of the molecule is CC(C)NC(=O)[C@H](C)N(Cc1ccc(F)cc1)C(=O)CN(c1ccccc1)S(=O)(=O)c1ccc(Cl)cc1. The Balaban J connectivity index is 1.99. The van der Waals surface area contributed by atoms with E-state index in [4.69, 9.17) is 11.6 Å². The number of rotatable bonds is 10. The van der Waals surface area contributed by atoms with Gasteiger partial charge in [0.05, 0.1) is 10.6 Å². The summed E-state index contributed by atoms with van der Waals surface area (Å²) < 4.78 is 41.7. The summed E-state index contributed by atoms with van der Waals surface area (Å²) in [5, 5.41) is 3.15. The summed E-state index contributed by atoms with van der Waals surface area (Å²) in [7, 11) is -4.17. The van der Waals surface area contributed by atoms with Crippen molar-refractivity contribution in [1.29, 1.82) is 0 Å². The second-order valence-electron chi connectivity index (χ2n) is 8.79. The van der Waals surface area contributed by atoms with Crippen LogP contribution in [0.4, 0.5) is 10.1 Å². The second-order valence-corrected chi connectivity index (χ2v) is 11.1. The Labute approximate surface area is 221 Å². The van der Waals surface area contributed by atoms with Crippen LogP contribution in [0, 0.1) is 5.82 Å². The van der Waals surface area contributed by atoms with E-state index in [-0.39, 0.29) is 23.2 Å². The van der Waals surface area contributed by atoms with Gasteiger partial charge in [-0.15, -0.1) is 0 Å². The minimum absolute atomic E-state index is 0.0184. The number of halogens is 2. The average Bonchev–Trinajstić information content (AvgIpc) is 2.86. The molecule has 0 unspecified atom stereocenters. The second kappa shape index (κ2) is 12.2. The summed E-state index contributed by atoms with van der Waals surface area (Å²) in [5.41, 5.74) is 0.873. The molecule has 0 saturated carbocycles. The van der Waals surface area contributed by atoms with Crippen LogP contribution >= 0.6 is 11.6 Å². The van der Waals surface area contributed by atoms with Crippen molar-refractivity contribution in [3.8, 4) is 0 Å². The molecule has 0 saturated heterocycles. The van der Waals surface area contributed by atoms with Gasteiger partial charge in [0.25, 0.3) is 10.0 Å². The van der Waals surface area contributed by atoms with Crippen LogP contribution in [0.2, 0.25) is 5.02 Å². The minimum Gasteiger partial charge on any atom is -0.352 e. The molecule has 2 amide bonds. The van der Waals surface area contributed by atoms with Gasteiger partial charge < -0.3 is 10.2 Å². The van der Waals surface area contributed by atoms with E-state index in [0.717, 1.165) is 4.31 Å². The largest absolute Gasteiger partial charge is 0.352 e. The van der Waals surface area contributed by atoms with E-state index in [0.29, 0.717) is 10.6 Å². The molecular weight excluding hydrogens is 517 g/mol. The van der Waals surface area contributed by atoms with Crippen LogP contribution in [0.3, 0.4) is 0 Å².